The number of pyridine rings is 1. The molecule has 4 aromatic rings. The van der Waals surface area contributed by atoms with Gasteiger partial charge in [0.2, 0.25) is 5.88 Å². The average Bonchev–Trinajstić information content (AvgIpc) is 3.43. The van der Waals surface area contributed by atoms with Gasteiger partial charge in [0.05, 0.1) is 30.6 Å². The van der Waals surface area contributed by atoms with Crippen molar-refractivity contribution in [2.24, 2.45) is 0 Å². The Kier molecular flexibility index (Phi) is 4.36. The molecular weight excluding hydrogens is 380 g/mol. The molecular formula is C22H20N6O2. The molecule has 0 radical (unpaired) electrons. The molecule has 5 rings (SSSR count). The molecule has 2 N–H and O–H groups in total. The first-order chi connectivity index (χ1) is 14.7. The maximum Gasteiger partial charge on any atom is 0.231 e. The smallest absolute Gasteiger partial charge is 0.231 e. The van der Waals surface area contributed by atoms with E-state index in [0.717, 1.165) is 58.4 Å². The fraction of sp³-hybridized carbons (Fsp3) is 0.273. The molecule has 3 aromatic heterocycles. The number of oxazole rings is 1. The van der Waals surface area contributed by atoms with Crippen molar-refractivity contribution in [3.63, 3.8) is 0 Å². The van der Waals surface area contributed by atoms with Gasteiger partial charge in [0.1, 0.15) is 17.3 Å². The van der Waals surface area contributed by atoms with Crippen molar-refractivity contribution < 1.29 is 9.15 Å². The molecule has 1 aliphatic rings. The topological polar surface area (TPSA) is 113 Å². The number of rotatable bonds is 4. The van der Waals surface area contributed by atoms with Gasteiger partial charge in [-0.2, -0.15) is 10.4 Å². The van der Waals surface area contributed by atoms with Gasteiger partial charge in [-0.05, 0) is 55.5 Å². The summed E-state index contributed by atoms with van der Waals surface area (Å²) in [5.41, 5.74) is 6.19. The average molecular weight is 400 g/mol. The molecule has 0 saturated carbocycles. The van der Waals surface area contributed by atoms with Crippen molar-refractivity contribution in [3.8, 4) is 23.4 Å². The molecule has 0 spiro atoms. The van der Waals surface area contributed by atoms with Crippen molar-refractivity contribution in [3.05, 3.63) is 53.2 Å². The maximum atomic E-state index is 9.51. The summed E-state index contributed by atoms with van der Waals surface area (Å²) >= 11 is 0. The second-order valence-electron chi connectivity index (χ2n) is 7.38. The minimum Gasteiger partial charge on any atom is -0.480 e. The molecule has 0 unspecified atom stereocenters. The predicted octanol–water partition coefficient (Wildman–Crippen LogP) is 4.29. The second-order valence-corrected chi connectivity index (χ2v) is 7.38. The normalized spacial score (nSPS) is 15.6. The highest BCUT2D eigenvalue weighted by molar-refractivity contribution is 5.93. The Hall–Kier alpha value is -3.86. The second kappa shape index (κ2) is 7.19. The van der Waals surface area contributed by atoms with E-state index in [1.54, 1.807) is 13.3 Å². The van der Waals surface area contributed by atoms with Gasteiger partial charge >= 0.3 is 0 Å². The number of anilines is 1. The van der Waals surface area contributed by atoms with Crippen molar-refractivity contribution in [2.45, 2.75) is 32.2 Å². The van der Waals surface area contributed by atoms with Crippen LogP contribution in [-0.2, 0) is 6.42 Å². The number of ether oxygens (including phenoxy) is 1. The fourth-order valence-corrected chi connectivity index (χ4v) is 4.21. The SMILES string of the molecule is COc1nc2c(c(C)c1C#N)CCC[C@H]2Nc1ccc2[nH]nc(-c3cnco3)c2c1. The van der Waals surface area contributed by atoms with Gasteiger partial charge < -0.3 is 14.5 Å². The highest BCUT2D eigenvalue weighted by Gasteiger charge is 2.27. The Labute approximate surface area is 172 Å². The molecule has 8 heteroatoms. The molecule has 30 heavy (non-hydrogen) atoms. The van der Waals surface area contributed by atoms with E-state index < -0.39 is 0 Å². The molecule has 0 bridgehead atoms. The standard InChI is InChI=1S/C22H20N6O2/c1-12-14-4-3-5-18(20(14)26-22(29-2)16(12)9-23)25-13-6-7-17-15(8-13)21(28-27-17)19-10-24-11-30-19/h6-8,10-11,18,25H,3-5H2,1-2H3,(H,27,28)/t18-/m1/s1. The van der Waals surface area contributed by atoms with E-state index in [1.165, 1.54) is 6.39 Å². The lowest BCUT2D eigenvalue weighted by Gasteiger charge is -2.28. The first kappa shape index (κ1) is 18.2. The summed E-state index contributed by atoms with van der Waals surface area (Å²) in [4.78, 5) is 8.69. The van der Waals surface area contributed by atoms with Crippen LogP contribution in [0.15, 0.2) is 35.2 Å². The van der Waals surface area contributed by atoms with E-state index in [1.807, 2.05) is 19.1 Å². The van der Waals surface area contributed by atoms with E-state index in [-0.39, 0.29) is 6.04 Å². The molecule has 0 fully saturated rings. The van der Waals surface area contributed by atoms with Crippen molar-refractivity contribution in [1.29, 1.82) is 5.26 Å². The minimum absolute atomic E-state index is 0.0344. The Morgan fingerprint density at radius 1 is 1.37 bits per heavy atom. The summed E-state index contributed by atoms with van der Waals surface area (Å²) in [5, 5.41) is 21.5. The first-order valence-corrected chi connectivity index (χ1v) is 9.80. The third-order valence-electron chi connectivity index (χ3n) is 5.70. The summed E-state index contributed by atoms with van der Waals surface area (Å²) in [6.45, 7) is 1.98. The molecule has 1 atom stereocenters. The monoisotopic (exact) mass is 400 g/mol. The molecule has 0 aliphatic heterocycles. The lowest BCUT2D eigenvalue weighted by molar-refractivity contribution is 0.391. The van der Waals surface area contributed by atoms with E-state index >= 15 is 0 Å². The van der Waals surface area contributed by atoms with Crippen molar-refractivity contribution in [1.82, 2.24) is 20.2 Å². The summed E-state index contributed by atoms with van der Waals surface area (Å²) in [6.07, 6.45) is 5.95. The van der Waals surface area contributed by atoms with E-state index in [9.17, 15) is 5.26 Å². The van der Waals surface area contributed by atoms with Crippen LogP contribution >= 0.6 is 0 Å². The Morgan fingerprint density at radius 3 is 3.03 bits per heavy atom. The Morgan fingerprint density at radius 2 is 2.27 bits per heavy atom. The third-order valence-corrected chi connectivity index (χ3v) is 5.70. The van der Waals surface area contributed by atoms with Crippen LogP contribution in [0, 0.1) is 18.3 Å². The van der Waals surface area contributed by atoms with Crippen LogP contribution in [0.25, 0.3) is 22.4 Å². The van der Waals surface area contributed by atoms with Crippen LogP contribution in [0.3, 0.4) is 0 Å². The van der Waals surface area contributed by atoms with Gasteiger partial charge in [0.25, 0.3) is 0 Å². The van der Waals surface area contributed by atoms with Crippen molar-refractivity contribution in [2.75, 3.05) is 12.4 Å². The van der Waals surface area contributed by atoms with Gasteiger partial charge in [-0.15, -0.1) is 0 Å². The molecule has 0 saturated heterocycles. The Balaban J connectivity index is 1.53. The van der Waals surface area contributed by atoms with E-state index in [0.29, 0.717) is 17.2 Å². The maximum absolute atomic E-state index is 9.51. The summed E-state index contributed by atoms with van der Waals surface area (Å²) in [7, 11) is 1.55. The highest BCUT2D eigenvalue weighted by Crippen LogP contribution is 2.37. The van der Waals surface area contributed by atoms with Crippen LogP contribution in [0.5, 0.6) is 5.88 Å². The predicted molar refractivity (Wildman–Crippen MR) is 111 cm³/mol. The zero-order chi connectivity index (χ0) is 20.7. The number of hydrogen-bond donors (Lipinski definition) is 2. The van der Waals surface area contributed by atoms with Crippen molar-refractivity contribution >= 4 is 16.6 Å². The van der Waals surface area contributed by atoms with Crippen LogP contribution in [0.1, 0.15) is 41.3 Å². The van der Waals surface area contributed by atoms with Gasteiger partial charge in [-0.25, -0.2) is 9.97 Å². The summed E-state index contributed by atoms with van der Waals surface area (Å²) in [5.74, 6) is 1.01. The zero-order valence-electron chi connectivity index (χ0n) is 16.7. The number of nitrogens with zero attached hydrogens (tertiary/aromatic N) is 4. The fourth-order valence-electron chi connectivity index (χ4n) is 4.21. The third kappa shape index (κ3) is 2.87. The number of aromatic nitrogens is 4. The summed E-state index contributed by atoms with van der Waals surface area (Å²) in [6, 6.07) is 8.34. The molecule has 0 amide bonds. The molecule has 150 valence electrons. The number of methoxy groups -OCH3 is 1. The van der Waals surface area contributed by atoms with E-state index in [4.69, 9.17) is 14.1 Å². The van der Waals surface area contributed by atoms with Crippen LogP contribution < -0.4 is 10.1 Å². The molecule has 3 heterocycles. The number of fused-ring (bicyclic) bond motifs is 2. The van der Waals surface area contributed by atoms with Gasteiger partial charge in [0.15, 0.2) is 12.2 Å². The largest absolute Gasteiger partial charge is 0.480 e. The lowest BCUT2D eigenvalue weighted by atomic mass is 9.87. The summed E-state index contributed by atoms with van der Waals surface area (Å²) < 4.78 is 10.8. The number of benzene rings is 1. The van der Waals surface area contributed by atoms with Crippen LogP contribution in [0.2, 0.25) is 0 Å². The molecule has 1 aromatic carbocycles. The van der Waals surface area contributed by atoms with Gasteiger partial charge in [-0.3, -0.25) is 5.10 Å². The lowest BCUT2D eigenvalue weighted by Crippen LogP contribution is -2.21. The zero-order valence-corrected chi connectivity index (χ0v) is 16.7. The number of aromatic amines is 1. The quantitative estimate of drug-likeness (QED) is 0.525. The van der Waals surface area contributed by atoms with Crippen LogP contribution in [0.4, 0.5) is 5.69 Å². The first-order valence-electron chi connectivity index (χ1n) is 9.80. The van der Waals surface area contributed by atoms with Gasteiger partial charge in [0, 0.05) is 11.1 Å². The number of H-pyrrole nitrogens is 1. The van der Waals surface area contributed by atoms with Crippen LogP contribution in [-0.4, -0.2) is 27.3 Å². The molecule has 8 nitrogen and oxygen atoms in total. The number of nitrogens with one attached hydrogen (secondary N) is 2. The number of nitriles is 1. The van der Waals surface area contributed by atoms with Gasteiger partial charge in [-0.1, -0.05) is 0 Å². The number of hydrogen-bond acceptors (Lipinski definition) is 7. The minimum atomic E-state index is 0.0344. The Bertz CT molecular complexity index is 1270. The molecule has 1 aliphatic carbocycles. The highest BCUT2D eigenvalue weighted by atomic mass is 16.5. The van der Waals surface area contributed by atoms with E-state index in [2.05, 4.69) is 32.6 Å².